The predicted octanol–water partition coefficient (Wildman–Crippen LogP) is 3.79. The number of hydrogen-bond donors (Lipinski definition) is 2. The molecule has 0 aliphatic carbocycles. The summed E-state index contributed by atoms with van der Waals surface area (Å²) < 4.78 is 21.2. The second-order valence-corrected chi connectivity index (χ2v) is 4.94. The summed E-state index contributed by atoms with van der Waals surface area (Å²) >= 11 is 8.23. The molecule has 0 spiro atoms. The molecule has 2 atom stereocenters. The van der Waals surface area contributed by atoms with E-state index >= 15 is 0 Å². The minimum atomic E-state index is -2.09. The minimum absolute atomic E-state index is 0.314. The molecule has 0 heterocycles. The van der Waals surface area contributed by atoms with E-state index in [1.165, 1.54) is 0 Å². The maximum Gasteiger partial charge on any atom is 0.699 e. The summed E-state index contributed by atoms with van der Waals surface area (Å²) in [5.41, 5.74) is -0.628. The summed E-state index contributed by atoms with van der Waals surface area (Å²) in [6.45, 7) is 4.03. The third kappa shape index (κ3) is 8.06. The lowest BCUT2D eigenvalue weighted by molar-refractivity contribution is 0.193. The average molecular weight is 257 g/mol. The van der Waals surface area contributed by atoms with Crippen molar-refractivity contribution in [2.24, 2.45) is 0 Å². The molecular weight excluding hydrogens is 239 g/mol. The summed E-state index contributed by atoms with van der Waals surface area (Å²) in [7, 11) is -2.09. The van der Waals surface area contributed by atoms with Crippen LogP contribution in [0.1, 0.15) is 39.5 Å². The highest BCUT2D eigenvalue weighted by molar-refractivity contribution is 7.81. The van der Waals surface area contributed by atoms with E-state index in [-0.39, 0.29) is 10.9 Å². The zero-order valence-corrected chi connectivity index (χ0v) is 11.2. The van der Waals surface area contributed by atoms with Crippen LogP contribution >= 0.6 is 33.5 Å². The van der Waals surface area contributed by atoms with Crippen molar-refractivity contribution in [1.82, 2.24) is 0 Å². The summed E-state index contributed by atoms with van der Waals surface area (Å²) in [5.74, 6) is 0. The van der Waals surface area contributed by atoms with Crippen molar-refractivity contribution in [3.8, 4) is 0 Å². The van der Waals surface area contributed by atoms with E-state index in [2.05, 4.69) is 25.3 Å². The van der Waals surface area contributed by atoms with E-state index in [1.54, 1.807) is 0 Å². The summed E-state index contributed by atoms with van der Waals surface area (Å²) in [6.07, 6.45) is 3.41. The SMILES string of the molecule is CCCC(S)O[P+](=O)OC(S)CCC. The number of thiol groups is 2. The quantitative estimate of drug-likeness (QED) is 0.394. The van der Waals surface area contributed by atoms with Gasteiger partial charge in [-0.25, -0.2) is 0 Å². The van der Waals surface area contributed by atoms with Crippen LogP contribution in [0.25, 0.3) is 0 Å². The lowest BCUT2D eigenvalue weighted by atomic mass is 10.4. The molecule has 0 bridgehead atoms. The van der Waals surface area contributed by atoms with E-state index < -0.39 is 8.25 Å². The second kappa shape index (κ2) is 8.98. The molecule has 0 rings (SSSR count). The molecule has 84 valence electrons. The lowest BCUT2D eigenvalue weighted by Gasteiger charge is -2.02. The molecule has 2 unspecified atom stereocenters. The average Bonchev–Trinajstić information content (AvgIpc) is 2.03. The van der Waals surface area contributed by atoms with Gasteiger partial charge in [-0.3, -0.25) is 0 Å². The van der Waals surface area contributed by atoms with E-state index in [9.17, 15) is 4.57 Å². The van der Waals surface area contributed by atoms with Gasteiger partial charge in [0.2, 0.25) is 0 Å². The van der Waals surface area contributed by atoms with E-state index in [0.29, 0.717) is 0 Å². The van der Waals surface area contributed by atoms with Crippen molar-refractivity contribution in [3.63, 3.8) is 0 Å². The van der Waals surface area contributed by atoms with Crippen LogP contribution < -0.4 is 0 Å². The Hall–Kier alpha value is 0.720. The zero-order valence-electron chi connectivity index (χ0n) is 8.55. The molecule has 0 aromatic heterocycles. The van der Waals surface area contributed by atoms with Gasteiger partial charge in [-0.05, 0) is 12.8 Å². The van der Waals surface area contributed by atoms with Gasteiger partial charge < -0.3 is 0 Å². The van der Waals surface area contributed by atoms with Crippen LogP contribution in [0.4, 0.5) is 0 Å². The Morgan fingerprint density at radius 3 is 1.71 bits per heavy atom. The molecule has 0 radical (unpaired) electrons. The first-order chi connectivity index (χ1) is 6.60. The molecule has 0 aromatic carbocycles. The number of hydrogen-bond acceptors (Lipinski definition) is 5. The molecule has 0 aliphatic heterocycles. The summed E-state index contributed by atoms with van der Waals surface area (Å²) in [6, 6.07) is 0. The first-order valence-electron chi connectivity index (χ1n) is 4.77. The molecule has 14 heavy (non-hydrogen) atoms. The van der Waals surface area contributed by atoms with Crippen molar-refractivity contribution in [1.29, 1.82) is 0 Å². The second-order valence-electron chi connectivity index (χ2n) is 2.92. The van der Waals surface area contributed by atoms with E-state index in [1.807, 2.05) is 13.8 Å². The molecule has 0 fully saturated rings. The van der Waals surface area contributed by atoms with Crippen LogP contribution in [0.15, 0.2) is 0 Å². The third-order valence-electron chi connectivity index (χ3n) is 1.49. The first kappa shape index (κ1) is 14.7. The van der Waals surface area contributed by atoms with Crippen molar-refractivity contribution in [2.45, 2.75) is 50.4 Å². The first-order valence-corrected chi connectivity index (χ1v) is 6.89. The Labute approximate surface area is 97.7 Å². The van der Waals surface area contributed by atoms with Crippen LogP contribution in [0, 0.1) is 0 Å². The Kier molecular flexibility index (Phi) is 9.45. The standard InChI is InChI=1S/C8H17O3PS2/c1-3-5-7(13)10-12(9)11-8(14)6-4-2/h7-8H,3-6H2,1-2H3,(H-,13,14)/p+1. The summed E-state index contributed by atoms with van der Waals surface area (Å²) in [5, 5.41) is 0. The molecule has 0 N–H and O–H groups in total. The molecular formula is C8H18O3PS2+. The molecule has 0 aliphatic rings. The fourth-order valence-corrected chi connectivity index (χ4v) is 2.46. The van der Waals surface area contributed by atoms with Crippen LogP contribution in [0.2, 0.25) is 0 Å². The monoisotopic (exact) mass is 257 g/mol. The number of rotatable bonds is 8. The van der Waals surface area contributed by atoms with Gasteiger partial charge in [0.15, 0.2) is 10.9 Å². The molecule has 0 aromatic rings. The topological polar surface area (TPSA) is 35.5 Å². The van der Waals surface area contributed by atoms with Gasteiger partial charge in [-0.15, -0.1) is 34.3 Å². The Morgan fingerprint density at radius 1 is 1.07 bits per heavy atom. The third-order valence-corrected chi connectivity index (χ3v) is 3.40. The largest absolute Gasteiger partial charge is 0.699 e. The van der Waals surface area contributed by atoms with E-state index in [0.717, 1.165) is 25.7 Å². The molecule has 0 saturated carbocycles. The highest BCUT2D eigenvalue weighted by Crippen LogP contribution is 2.32. The Balaban J connectivity index is 3.63. The normalized spacial score (nSPS) is 16.4. The smallest absolute Gasteiger partial charge is 0.143 e. The van der Waals surface area contributed by atoms with Crippen LogP contribution in [0.5, 0.6) is 0 Å². The van der Waals surface area contributed by atoms with Crippen molar-refractivity contribution in [2.75, 3.05) is 0 Å². The van der Waals surface area contributed by atoms with Gasteiger partial charge in [0.05, 0.1) is 0 Å². The molecule has 6 heteroatoms. The molecule has 0 saturated heterocycles. The van der Waals surface area contributed by atoms with Gasteiger partial charge in [0.1, 0.15) is 0 Å². The van der Waals surface area contributed by atoms with E-state index in [4.69, 9.17) is 9.05 Å². The highest BCUT2D eigenvalue weighted by Gasteiger charge is 2.28. The molecule has 3 nitrogen and oxygen atoms in total. The fourth-order valence-electron chi connectivity index (χ4n) is 0.823. The van der Waals surface area contributed by atoms with Gasteiger partial charge in [0, 0.05) is 4.57 Å². The lowest BCUT2D eigenvalue weighted by Crippen LogP contribution is -2.03. The van der Waals surface area contributed by atoms with Gasteiger partial charge in [0.25, 0.3) is 0 Å². The Morgan fingerprint density at radius 2 is 1.43 bits per heavy atom. The zero-order chi connectivity index (χ0) is 11.0. The van der Waals surface area contributed by atoms with Gasteiger partial charge >= 0.3 is 8.25 Å². The minimum Gasteiger partial charge on any atom is -0.143 e. The van der Waals surface area contributed by atoms with Crippen molar-refractivity contribution in [3.05, 3.63) is 0 Å². The predicted molar refractivity (Wildman–Crippen MR) is 65.1 cm³/mol. The molecule has 0 amide bonds. The van der Waals surface area contributed by atoms with Gasteiger partial charge in [-0.1, -0.05) is 26.7 Å². The maximum absolute atomic E-state index is 11.2. The Bertz CT molecular complexity index is 153. The van der Waals surface area contributed by atoms with Gasteiger partial charge in [-0.2, -0.15) is 0 Å². The van der Waals surface area contributed by atoms with Crippen molar-refractivity contribution >= 4 is 33.5 Å². The van der Waals surface area contributed by atoms with Crippen LogP contribution in [0.3, 0.4) is 0 Å². The maximum atomic E-state index is 11.2. The highest BCUT2D eigenvalue weighted by atomic mass is 32.1. The van der Waals surface area contributed by atoms with Crippen LogP contribution in [-0.4, -0.2) is 10.9 Å². The van der Waals surface area contributed by atoms with Crippen LogP contribution in [-0.2, 0) is 13.6 Å². The summed E-state index contributed by atoms with van der Waals surface area (Å²) in [4.78, 5) is 0. The fraction of sp³-hybridized carbons (Fsp3) is 1.00. The van der Waals surface area contributed by atoms with Crippen molar-refractivity contribution < 1.29 is 13.6 Å².